The fourth-order valence-corrected chi connectivity index (χ4v) is 2.08. The number of rotatable bonds is 7. The highest BCUT2D eigenvalue weighted by Crippen LogP contribution is 2.27. The van der Waals surface area contributed by atoms with Crippen LogP contribution in [0, 0.1) is 0 Å². The largest absolute Gasteiger partial charge is 0.481 e. The summed E-state index contributed by atoms with van der Waals surface area (Å²) in [7, 11) is 1.52. The second-order valence-electron chi connectivity index (χ2n) is 4.76. The molecule has 1 amide bonds. The molecule has 0 spiro atoms. The first-order valence-electron chi connectivity index (χ1n) is 7.07. The second kappa shape index (κ2) is 8.30. The molecule has 9 nitrogen and oxygen atoms in total. The molecule has 0 unspecified atom stereocenters. The molecule has 0 aliphatic carbocycles. The van der Waals surface area contributed by atoms with Crippen molar-refractivity contribution in [3.8, 4) is 5.88 Å². The molecule has 0 saturated carbocycles. The maximum Gasteiger partial charge on any atom is 0.329 e. The first-order chi connectivity index (χ1) is 11.1. The number of carbonyl (C=O) groups is 2. The molecule has 2 heterocycles. The fourth-order valence-electron chi connectivity index (χ4n) is 2.08. The van der Waals surface area contributed by atoms with Crippen LogP contribution in [0.5, 0.6) is 5.88 Å². The van der Waals surface area contributed by atoms with Crippen LogP contribution in [-0.2, 0) is 19.1 Å². The van der Waals surface area contributed by atoms with E-state index >= 15 is 0 Å². The minimum absolute atomic E-state index is 0.346. The number of carbonyl (C=O) groups excluding carboxylic acids is 1. The van der Waals surface area contributed by atoms with E-state index < -0.39 is 18.5 Å². The first-order valence-corrected chi connectivity index (χ1v) is 7.07. The zero-order chi connectivity index (χ0) is 16.7. The average molecular weight is 325 g/mol. The molecule has 1 saturated heterocycles. The third kappa shape index (κ3) is 5.08. The summed E-state index contributed by atoms with van der Waals surface area (Å²) in [6.07, 6.45) is 0. The summed E-state index contributed by atoms with van der Waals surface area (Å²) in [5.41, 5.74) is 0.511. The Hall–Kier alpha value is -2.39. The van der Waals surface area contributed by atoms with Crippen LogP contribution in [0.25, 0.3) is 0 Å². The number of nitrogens with one attached hydrogen (secondary N) is 1. The number of morpholine rings is 1. The Kier molecular flexibility index (Phi) is 6.12. The number of aliphatic carboxylic acids is 1. The molecule has 0 aromatic carbocycles. The number of anilines is 2. The molecular formula is C14H19N3O6. The van der Waals surface area contributed by atoms with Gasteiger partial charge in [-0.05, 0) is 6.07 Å². The molecule has 2 N–H and O–H groups in total. The Bertz CT molecular complexity index is 559. The molecule has 1 fully saturated rings. The van der Waals surface area contributed by atoms with Crippen LogP contribution < -0.4 is 15.0 Å². The minimum atomic E-state index is -1.13. The Morgan fingerprint density at radius 1 is 1.35 bits per heavy atom. The number of carboxylic acid groups (broad SMARTS) is 1. The van der Waals surface area contributed by atoms with Gasteiger partial charge in [0, 0.05) is 19.2 Å². The molecule has 2 rings (SSSR count). The van der Waals surface area contributed by atoms with Crippen LogP contribution in [0.3, 0.4) is 0 Å². The van der Waals surface area contributed by atoms with E-state index in [1.807, 2.05) is 4.90 Å². The first kappa shape index (κ1) is 17.0. The van der Waals surface area contributed by atoms with E-state index in [1.54, 1.807) is 12.1 Å². The number of nitrogens with zero attached hydrogens (tertiary/aromatic N) is 2. The number of aromatic nitrogens is 1. The summed E-state index contributed by atoms with van der Waals surface area (Å²) in [5, 5.41) is 11.2. The summed E-state index contributed by atoms with van der Waals surface area (Å²) >= 11 is 0. The Labute approximate surface area is 133 Å². The second-order valence-corrected chi connectivity index (χ2v) is 4.76. The number of hydrogen-bond acceptors (Lipinski definition) is 7. The molecule has 0 radical (unpaired) electrons. The van der Waals surface area contributed by atoms with Crippen molar-refractivity contribution in [1.29, 1.82) is 0 Å². The summed E-state index contributed by atoms with van der Waals surface area (Å²) in [5.74, 6) is -0.559. The predicted molar refractivity (Wildman–Crippen MR) is 80.9 cm³/mol. The van der Waals surface area contributed by atoms with Crippen LogP contribution in [0.2, 0.25) is 0 Å². The molecule has 0 atom stereocenters. The molecule has 0 bridgehead atoms. The highest BCUT2D eigenvalue weighted by molar-refractivity contribution is 5.94. The van der Waals surface area contributed by atoms with Gasteiger partial charge in [-0.1, -0.05) is 0 Å². The number of carboxylic acids is 1. The topological polar surface area (TPSA) is 110 Å². The minimum Gasteiger partial charge on any atom is -0.481 e. The standard InChI is InChI=1S/C14H19N3O6/c1-21-12-3-2-10(15-11(18)8-23-9-13(19)20)14(16-12)17-4-6-22-7-5-17/h2-3H,4-9H2,1H3,(H,15,18)(H,19,20). The third-order valence-electron chi connectivity index (χ3n) is 3.10. The van der Waals surface area contributed by atoms with Crippen molar-refractivity contribution in [3.63, 3.8) is 0 Å². The van der Waals surface area contributed by atoms with Crippen LogP contribution in [0.15, 0.2) is 12.1 Å². The van der Waals surface area contributed by atoms with Gasteiger partial charge in [0.15, 0.2) is 5.82 Å². The Morgan fingerprint density at radius 3 is 2.74 bits per heavy atom. The monoisotopic (exact) mass is 325 g/mol. The average Bonchev–Trinajstić information content (AvgIpc) is 2.55. The van der Waals surface area contributed by atoms with Crippen molar-refractivity contribution >= 4 is 23.4 Å². The highest BCUT2D eigenvalue weighted by Gasteiger charge is 2.18. The van der Waals surface area contributed by atoms with E-state index in [-0.39, 0.29) is 6.61 Å². The van der Waals surface area contributed by atoms with Gasteiger partial charge in [-0.3, -0.25) is 4.79 Å². The quantitative estimate of drug-likeness (QED) is 0.719. The lowest BCUT2D eigenvalue weighted by molar-refractivity contribution is -0.143. The van der Waals surface area contributed by atoms with Crippen LogP contribution in [0.1, 0.15) is 0 Å². The lowest BCUT2D eigenvalue weighted by atomic mass is 10.3. The molecule has 1 aromatic heterocycles. The molecular weight excluding hydrogens is 306 g/mol. The van der Waals surface area contributed by atoms with E-state index in [9.17, 15) is 9.59 Å². The predicted octanol–water partition coefficient (Wildman–Crippen LogP) is -0.0335. The van der Waals surface area contributed by atoms with Gasteiger partial charge in [0.2, 0.25) is 11.8 Å². The summed E-state index contributed by atoms with van der Waals surface area (Å²) < 4.78 is 15.2. The van der Waals surface area contributed by atoms with E-state index in [4.69, 9.17) is 19.3 Å². The number of ether oxygens (including phenoxy) is 3. The summed E-state index contributed by atoms with van der Waals surface area (Å²) in [4.78, 5) is 28.6. The van der Waals surface area contributed by atoms with Gasteiger partial charge in [0.05, 0.1) is 26.0 Å². The van der Waals surface area contributed by atoms with E-state index in [0.717, 1.165) is 0 Å². The fraction of sp³-hybridized carbons (Fsp3) is 0.500. The van der Waals surface area contributed by atoms with Gasteiger partial charge in [0.25, 0.3) is 0 Å². The molecule has 126 valence electrons. The number of hydrogen-bond donors (Lipinski definition) is 2. The molecule has 9 heteroatoms. The van der Waals surface area contributed by atoms with Crippen molar-refractivity contribution in [2.24, 2.45) is 0 Å². The van der Waals surface area contributed by atoms with Crippen molar-refractivity contribution in [2.75, 3.05) is 56.8 Å². The highest BCUT2D eigenvalue weighted by atomic mass is 16.5. The normalized spacial score (nSPS) is 14.4. The molecule has 23 heavy (non-hydrogen) atoms. The third-order valence-corrected chi connectivity index (χ3v) is 3.10. The SMILES string of the molecule is COc1ccc(NC(=O)COCC(=O)O)c(N2CCOCC2)n1. The molecule has 1 aliphatic rings. The van der Waals surface area contributed by atoms with Crippen molar-refractivity contribution in [1.82, 2.24) is 4.98 Å². The van der Waals surface area contributed by atoms with E-state index in [1.165, 1.54) is 7.11 Å². The Balaban J connectivity index is 2.07. The van der Waals surface area contributed by atoms with Crippen LogP contribution in [0.4, 0.5) is 11.5 Å². The van der Waals surface area contributed by atoms with Gasteiger partial charge >= 0.3 is 5.97 Å². The van der Waals surface area contributed by atoms with Gasteiger partial charge < -0.3 is 29.5 Å². The van der Waals surface area contributed by atoms with Gasteiger partial charge in [-0.15, -0.1) is 0 Å². The molecule has 1 aliphatic heterocycles. The van der Waals surface area contributed by atoms with Gasteiger partial charge in [0.1, 0.15) is 13.2 Å². The lowest BCUT2D eigenvalue weighted by Gasteiger charge is -2.29. The van der Waals surface area contributed by atoms with Gasteiger partial charge in [-0.2, -0.15) is 4.98 Å². The zero-order valence-electron chi connectivity index (χ0n) is 12.8. The summed E-state index contributed by atoms with van der Waals surface area (Å²) in [6, 6.07) is 3.32. The number of amides is 1. The van der Waals surface area contributed by atoms with E-state index in [2.05, 4.69) is 10.3 Å². The maximum atomic E-state index is 11.9. The maximum absolute atomic E-state index is 11.9. The van der Waals surface area contributed by atoms with E-state index in [0.29, 0.717) is 43.7 Å². The number of methoxy groups -OCH3 is 1. The number of pyridine rings is 1. The Morgan fingerprint density at radius 2 is 2.09 bits per heavy atom. The van der Waals surface area contributed by atoms with Crippen LogP contribution >= 0.6 is 0 Å². The summed E-state index contributed by atoms with van der Waals surface area (Å²) in [6.45, 7) is 1.59. The molecule has 1 aromatic rings. The lowest BCUT2D eigenvalue weighted by Crippen LogP contribution is -2.37. The van der Waals surface area contributed by atoms with Crippen LogP contribution in [-0.4, -0.2) is 68.6 Å². The zero-order valence-corrected chi connectivity index (χ0v) is 12.8. The smallest absolute Gasteiger partial charge is 0.329 e. The van der Waals surface area contributed by atoms with Crippen molar-refractivity contribution in [2.45, 2.75) is 0 Å². The van der Waals surface area contributed by atoms with Gasteiger partial charge in [-0.25, -0.2) is 4.79 Å². The van der Waals surface area contributed by atoms with Crippen molar-refractivity contribution < 1.29 is 28.9 Å². The van der Waals surface area contributed by atoms with Crippen molar-refractivity contribution in [3.05, 3.63) is 12.1 Å².